The molecule has 4 nitrogen and oxygen atoms in total. The van der Waals surface area contributed by atoms with E-state index in [1.54, 1.807) is 41.2 Å². The highest BCUT2D eigenvalue weighted by Crippen LogP contribution is 2.28. The van der Waals surface area contributed by atoms with Gasteiger partial charge >= 0.3 is 0 Å². The van der Waals surface area contributed by atoms with E-state index in [1.807, 2.05) is 6.07 Å². The SMILES string of the molecule is COc1cccc(-c2cnc3cccnn23)c1F. The van der Waals surface area contributed by atoms with Crippen LogP contribution in [0.15, 0.2) is 42.7 Å². The topological polar surface area (TPSA) is 39.4 Å². The Hall–Kier alpha value is -2.43. The highest BCUT2D eigenvalue weighted by atomic mass is 19.1. The third-order valence-corrected chi connectivity index (χ3v) is 2.74. The van der Waals surface area contributed by atoms with Gasteiger partial charge in [0.2, 0.25) is 0 Å². The Balaban J connectivity index is 2.26. The minimum atomic E-state index is -0.410. The van der Waals surface area contributed by atoms with Gasteiger partial charge in [-0.25, -0.2) is 13.9 Å². The third-order valence-electron chi connectivity index (χ3n) is 2.74. The molecule has 90 valence electrons. The van der Waals surface area contributed by atoms with E-state index >= 15 is 0 Å². The van der Waals surface area contributed by atoms with Crippen LogP contribution in [0.1, 0.15) is 0 Å². The third kappa shape index (κ3) is 1.52. The van der Waals surface area contributed by atoms with Gasteiger partial charge in [-0.3, -0.25) is 0 Å². The molecular formula is C13H10FN3O. The highest BCUT2D eigenvalue weighted by Gasteiger charge is 2.14. The van der Waals surface area contributed by atoms with Crippen molar-refractivity contribution in [2.24, 2.45) is 0 Å². The van der Waals surface area contributed by atoms with Gasteiger partial charge in [0.15, 0.2) is 17.2 Å². The minimum absolute atomic E-state index is 0.207. The Bertz CT molecular complexity index is 708. The van der Waals surface area contributed by atoms with E-state index < -0.39 is 5.82 Å². The van der Waals surface area contributed by atoms with Crippen LogP contribution in [-0.2, 0) is 0 Å². The van der Waals surface area contributed by atoms with Crippen LogP contribution < -0.4 is 4.74 Å². The summed E-state index contributed by atoms with van der Waals surface area (Å²) in [6, 6.07) is 8.59. The van der Waals surface area contributed by atoms with Gasteiger partial charge in [0.25, 0.3) is 0 Å². The van der Waals surface area contributed by atoms with Crippen molar-refractivity contribution in [1.29, 1.82) is 0 Å². The maximum Gasteiger partial charge on any atom is 0.174 e. The van der Waals surface area contributed by atoms with E-state index in [2.05, 4.69) is 10.1 Å². The summed E-state index contributed by atoms with van der Waals surface area (Å²) >= 11 is 0. The summed E-state index contributed by atoms with van der Waals surface area (Å²) in [5.41, 5.74) is 1.69. The van der Waals surface area contributed by atoms with Crippen molar-refractivity contribution in [2.45, 2.75) is 0 Å². The fraction of sp³-hybridized carbons (Fsp3) is 0.0769. The number of halogens is 1. The second-order valence-electron chi connectivity index (χ2n) is 3.76. The standard InChI is InChI=1S/C13H10FN3O/c1-18-11-5-2-4-9(13(11)14)10-8-15-12-6-3-7-16-17(10)12/h2-8H,1H3. The summed E-state index contributed by atoms with van der Waals surface area (Å²) in [6.45, 7) is 0. The lowest BCUT2D eigenvalue weighted by molar-refractivity contribution is 0.387. The molecule has 0 fully saturated rings. The van der Waals surface area contributed by atoms with Crippen LogP contribution in [0, 0.1) is 5.82 Å². The molecule has 0 atom stereocenters. The fourth-order valence-electron chi connectivity index (χ4n) is 1.88. The molecule has 18 heavy (non-hydrogen) atoms. The van der Waals surface area contributed by atoms with Gasteiger partial charge < -0.3 is 4.74 Å². The van der Waals surface area contributed by atoms with Crippen LogP contribution in [0.2, 0.25) is 0 Å². The maximum atomic E-state index is 14.2. The summed E-state index contributed by atoms with van der Waals surface area (Å²) in [7, 11) is 1.44. The Morgan fingerprint density at radius 2 is 2.11 bits per heavy atom. The molecule has 0 aliphatic carbocycles. The minimum Gasteiger partial charge on any atom is -0.494 e. The molecule has 0 aliphatic heterocycles. The number of hydrogen-bond donors (Lipinski definition) is 0. The molecule has 0 radical (unpaired) electrons. The molecule has 2 heterocycles. The molecule has 0 amide bonds. The summed E-state index contributed by atoms with van der Waals surface area (Å²) < 4.78 is 20.7. The van der Waals surface area contributed by atoms with Crippen LogP contribution in [0.5, 0.6) is 5.75 Å². The van der Waals surface area contributed by atoms with Gasteiger partial charge in [0.1, 0.15) is 0 Å². The lowest BCUT2D eigenvalue weighted by Crippen LogP contribution is -1.96. The van der Waals surface area contributed by atoms with Crippen LogP contribution in [-0.4, -0.2) is 21.7 Å². The first-order valence-electron chi connectivity index (χ1n) is 5.43. The molecule has 0 bridgehead atoms. The second kappa shape index (κ2) is 4.10. The number of methoxy groups -OCH3 is 1. The largest absolute Gasteiger partial charge is 0.494 e. The Labute approximate surface area is 103 Å². The molecule has 3 rings (SSSR count). The van der Waals surface area contributed by atoms with Crippen molar-refractivity contribution >= 4 is 5.65 Å². The summed E-state index contributed by atoms with van der Waals surface area (Å²) in [5, 5.41) is 4.16. The maximum absolute atomic E-state index is 14.2. The van der Waals surface area contributed by atoms with Crippen LogP contribution in [0.4, 0.5) is 4.39 Å². The van der Waals surface area contributed by atoms with Crippen LogP contribution >= 0.6 is 0 Å². The number of ether oxygens (including phenoxy) is 1. The molecule has 0 saturated heterocycles. The quantitative estimate of drug-likeness (QED) is 0.694. The lowest BCUT2D eigenvalue weighted by atomic mass is 10.1. The predicted octanol–water partition coefficient (Wildman–Crippen LogP) is 2.54. The zero-order valence-electron chi connectivity index (χ0n) is 9.67. The Morgan fingerprint density at radius 3 is 2.94 bits per heavy atom. The molecule has 0 unspecified atom stereocenters. The fourth-order valence-corrected chi connectivity index (χ4v) is 1.88. The van der Waals surface area contributed by atoms with E-state index in [4.69, 9.17) is 4.74 Å². The Kier molecular flexibility index (Phi) is 2.44. The van der Waals surface area contributed by atoms with Crippen molar-refractivity contribution in [3.05, 3.63) is 48.5 Å². The highest BCUT2D eigenvalue weighted by molar-refractivity contribution is 5.65. The first-order valence-corrected chi connectivity index (χ1v) is 5.43. The molecule has 5 heteroatoms. The molecule has 2 aromatic heterocycles. The van der Waals surface area contributed by atoms with E-state index in [9.17, 15) is 4.39 Å². The van der Waals surface area contributed by atoms with Crippen molar-refractivity contribution in [3.63, 3.8) is 0 Å². The van der Waals surface area contributed by atoms with Gasteiger partial charge in [-0.1, -0.05) is 6.07 Å². The van der Waals surface area contributed by atoms with Gasteiger partial charge in [-0.05, 0) is 24.3 Å². The monoisotopic (exact) mass is 243 g/mol. The summed E-state index contributed by atoms with van der Waals surface area (Å²) in [6.07, 6.45) is 3.23. The van der Waals surface area contributed by atoms with Crippen molar-refractivity contribution in [3.8, 4) is 17.0 Å². The number of benzene rings is 1. The van der Waals surface area contributed by atoms with E-state index in [0.717, 1.165) is 0 Å². The first-order chi connectivity index (χ1) is 8.81. The van der Waals surface area contributed by atoms with Crippen molar-refractivity contribution < 1.29 is 9.13 Å². The molecule has 0 aliphatic rings. The van der Waals surface area contributed by atoms with Gasteiger partial charge in [-0.15, -0.1) is 0 Å². The smallest absolute Gasteiger partial charge is 0.174 e. The molecule has 0 saturated carbocycles. The van der Waals surface area contributed by atoms with Gasteiger partial charge in [0, 0.05) is 11.8 Å². The lowest BCUT2D eigenvalue weighted by Gasteiger charge is -2.06. The van der Waals surface area contributed by atoms with Gasteiger partial charge in [-0.2, -0.15) is 5.10 Å². The number of imidazole rings is 1. The number of rotatable bonds is 2. The number of nitrogens with zero attached hydrogens (tertiary/aromatic N) is 3. The van der Waals surface area contributed by atoms with Crippen LogP contribution in [0.3, 0.4) is 0 Å². The number of hydrogen-bond acceptors (Lipinski definition) is 3. The second-order valence-corrected chi connectivity index (χ2v) is 3.76. The van der Waals surface area contributed by atoms with E-state index in [0.29, 0.717) is 16.9 Å². The van der Waals surface area contributed by atoms with E-state index in [1.165, 1.54) is 7.11 Å². The summed E-state index contributed by atoms with van der Waals surface area (Å²) in [5.74, 6) is -0.203. The van der Waals surface area contributed by atoms with Gasteiger partial charge in [0.05, 0.1) is 19.0 Å². The van der Waals surface area contributed by atoms with Crippen molar-refractivity contribution in [2.75, 3.05) is 7.11 Å². The average molecular weight is 243 g/mol. The molecule has 0 N–H and O–H groups in total. The Morgan fingerprint density at radius 1 is 1.22 bits per heavy atom. The normalized spacial score (nSPS) is 10.8. The van der Waals surface area contributed by atoms with Crippen molar-refractivity contribution in [1.82, 2.24) is 14.6 Å². The zero-order valence-corrected chi connectivity index (χ0v) is 9.67. The summed E-state index contributed by atoms with van der Waals surface area (Å²) in [4.78, 5) is 4.18. The molecular weight excluding hydrogens is 233 g/mol. The number of fused-ring (bicyclic) bond motifs is 1. The first kappa shape index (κ1) is 10.7. The average Bonchev–Trinajstić information content (AvgIpc) is 2.83. The number of aromatic nitrogens is 3. The molecule has 3 aromatic rings. The molecule has 1 aromatic carbocycles. The van der Waals surface area contributed by atoms with E-state index in [-0.39, 0.29) is 5.75 Å². The zero-order chi connectivity index (χ0) is 12.5. The predicted molar refractivity (Wildman–Crippen MR) is 64.9 cm³/mol. The van der Waals surface area contributed by atoms with Crippen LogP contribution in [0.25, 0.3) is 16.9 Å². The molecule has 0 spiro atoms.